The molecular formula is C16H18N4O3. The van der Waals surface area contributed by atoms with Crippen molar-refractivity contribution >= 4 is 17.6 Å². The Bertz CT molecular complexity index is 754. The number of hydrogen-bond acceptors (Lipinski definition) is 5. The number of aryl methyl sites for hydroxylation is 1. The van der Waals surface area contributed by atoms with Crippen LogP contribution in [0.15, 0.2) is 28.8 Å². The second-order valence-corrected chi connectivity index (χ2v) is 5.62. The van der Waals surface area contributed by atoms with Crippen LogP contribution in [-0.4, -0.2) is 35.5 Å². The van der Waals surface area contributed by atoms with E-state index in [1.165, 1.54) is 10.5 Å². The standard InChI is InChI=1S/C16H18N4O3/c1-10-5-14(19-23-10)18-15(21)9-20(2)16(22)11-3-4-12-7-17-8-13(12)6-11/h3-6,17H,7-9H2,1-2H3,(H,18,19,21). The Morgan fingerprint density at radius 3 is 2.83 bits per heavy atom. The summed E-state index contributed by atoms with van der Waals surface area (Å²) < 4.78 is 4.88. The molecule has 0 bridgehead atoms. The molecule has 2 N–H and O–H groups in total. The van der Waals surface area contributed by atoms with Crippen molar-refractivity contribution in [2.75, 3.05) is 18.9 Å². The molecule has 2 amide bonds. The maximum atomic E-state index is 12.4. The first-order valence-electron chi connectivity index (χ1n) is 7.34. The number of aromatic nitrogens is 1. The zero-order chi connectivity index (χ0) is 16.4. The fourth-order valence-corrected chi connectivity index (χ4v) is 2.54. The van der Waals surface area contributed by atoms with Gasteiger partial charge in [0, 0.05) is 31.8 Å². The fraction of sp³-hybridized carbons (Fsp3) is 0.312. The van der Waals surface area contributed by atoms with Crippen molar-refractivity contribution < 1.29 is 14.1 Å². The highest BCUT2D eigenvalue weighted by atomic mass is 16.5. The van der Waals surface area contributed by atoms with Gasteiger partial charge in [-0.3, -0.25) is 9.59 Å². The Balaban J connectivity index is 1.62. The molecule has 0 spiro atoms. The van der Waals surface area contributed by atoms with E-state index in [4.69, 9.17) is 4.52 Å². The van der Waals surface area contributed by atoms with E-state index in [9.17, 15) is 9.59 Å². The van der Waals surface area contributed by atoms with Gasteiger partial charge in [-0.05, 0) is 30.2 Å². The molecule has 23 heavy (non-hydrogen) atoms. The molecule has 0 saturated carbocycles. The van der Waals surface area contributed by atoms with Crippen LogP contribution in [0.5, 0.6) is 0 Å². The molecule has 0 fully saturated rings. The molecule has 2 aromatic rings. The van der Waals surface area contributed by atoms with Crippen molar-refractivity contribution in [2.24, 2.45) is 0 Å². The Morgan fingerprint density at radius 2 is 2.09 bits per heavy atom. The number of carbonyl (C=O) groups is 2. The highest BCUT2D eigenvalue weighted by Crippen LogP contribution is 2.18. The molecule has 7 heteroatoms. The minimum Gasteiger partial charge on any atom is -0.360 e. The molecule has 7 nitrogen and oxygen atoms in total. The number of likely N-dealkylation sites (N-methyl/N-ethyl adjacent to an activating group) is 1. The second-order valence-electron chi connectivity index (χ2n) is 5.62. The van der Waals surface area contributed by atoms with Crippen molar-refractivity contribution in [1.82, 2.24) is 15.4 Å². The van der Waals surface area contributed by atoms with Crippen LogP contribution in [0.3, 0.4) is 0 Å². The van der Waals surface area contributed by atoms with Gasteiger partial charge in [-0.25, -0.2) is 0 Å². The summed E-state index contributed by atoms with van der Waals surface area (Å²) in [6.45, 7) is 3.28. The van der Waals surface area contributed by atoms with Crippen molar-refractivity contribution in [3.8, 4) is 0 Å². The molecule has 1 aromatic carbocycles. The number of benzene rings is 1. The molecule has 0 saturated heterocycles. The third-order valence-electron chi connectivity index (χ3n) is 3.71. The van der Waals surface area contributed by atoms with Crippen LogP contribution in [0.4, 0.5) is 5.82 Å². The van der Waals surface area contributed by atoms with E-state index in [0.717, 1.165) is 18.7 Å². The first-order valence-corrected chi connectivity index (χ1v) is 7.34. The van der Waals surface area contributed by atoms with Crippen LogP contribution >= 0.6 is 0 Å². The molecule has 3 rings (SSSR count). The van der Waals surface area contributed by atoms with E-state index in [0.29, 0.717) is 17.1 Å². The lowest BCUT2D eigenvalue weighted by Crippen LogP contribution is -2.35. The quantitative estimate of drug-likeness (QED) is 0.888. The van der Waals surface area contributed by atoms with Crippen molar-refractivity contribution in [1.29, 1.82) is 0 Å². The van der Waals surface area contributed by atoms with Crippen LogP contribution in [0.1, 0.15) is 27.2 Å². The van der Waals surface area contributed by atoms with E-state index in [-0.39, 0.29) is 18.4 Å². The number of nitrogens with one attached hydrogen (secondary N) is 2. The lowest BCUT2D eigenvalue weighted by atomic mass is 10.1. The van der Waals surface area contributed by atoms with Gasteiger partial charge >= 0.3 is 0 Å². The highest BCUT2D eigenvalue weighted by molar-refractivity contribution is 5.99. The summed E-state index contributed by atoms with van der Waals surface area (Å²) in [6, 6.07) is 7.25. The van der Waals surface area contributed by atoms with Crippen molar-refractivity contribution in [3.05, 3.63) is 46.7 Å². The van der Waals surface area contributed by atoms with Gasteiger partial charge in [-0.1, -0.05) is 11.2 Å². The maximum Gasteiger partial charge on any atom is 0.254 e. The molecular weight excluding hydrogens is 296 g/mol. The van der Waals surface area contributed by atoms with Gasteiger partial charge in [0.25, 0.3) is 5.91 Å². The Hall–Kier alpha value is -2.67. The molecule has 1 aliphatic rings. The van der Waals surface area contributed by atoms with Crippen LogP contribution in [0.25, 0.3) is 0 Å². The largest absolute Gasteiger partial charge is 0.360 e. The van der Waals surface area contributed by atoms with Gasteiger partial charge in [0.1, 0.15) is 5.76 Å². The zero-order valence-electron chi connectivity index (χ0n) is 13.0. The van der Waals surface area contributed by atoms with Crippen LogP contribution < -0.4 is 10.6 Å². The average molecular weight is 314 g/mol. The number of amides is 2. The minimum atomic E-state index is -0.322. The Kier molecular flexibility index (Phi) is 4.12. The number of hydrogen-bond donors (Lipinski definition) is 2. The van der Waals surface area contributed by atoms with E-state index in [2.05, 4.69) is 15.8 Å². The third kappa shape index (κ3) is 3.40. The third-order valence-corrected chi connectivity index (χ3v) is 3.71. The summed E-state index contributed by atoms with van der Waals surface area (Å²) in [6.07, 6.45) is 0. The van der Waals surface area contributed by atoms with E-state index < -0.39 is 0 Å². The molecule has 2 heterocycles. The SMILES string of the molecule is Cc1cc(NC(=O)CN(C)C(=O)c2ccc3c(c2)CNC3)no1. The van der Waals surface area contributed by atoms with Gasteiger partial charge in [0.2, 0.25) is 5.91 Å². The molecule has 0 unspecified atom stereocenters. The topological polar surface area (TPSA) is 87.5 Å². The number of anilines is 1. The normalized spacial score (nSPS) is 12.8. The molecule has 0 aliphatic carbocycles. The lowest BCUT2D eigenvalue weighted by molar-refractivity contribution is -0.116. The number of rotatable bonds is 4. The first kappa shape index (κ1) is 15.2. The monoisotopic (exact) mass is 314 g/mol. The summed E-state index contributed by atoms with van der Waals surface area (Å²) in [5.74, 6) is 0.441. The summed E-state index contributed by atoms with van der Waals surface area (Å²) in [7, 11) is 1.60. The molecule has 120 valence electrons. The van der Waals surface area contributed by atoms with Gasteiger partial charge in [-0.2, -0.15) is 0 Å². The average Bonchev–Trinajstić information content (AvgIpc) is 3.14. The highest BCUT2D eigenvalue weighted by Gasteiger charge is 2.18. The van der Waals surface area contributed by atoms with Crippen LogP contribution in [0, 0.1) is 6.92 Å². The van der Waals surface area contributed by atoms with Gasteiger partial charge < -0.3 is 20.1 Å². The van der Waals surface area contributed by atoms with Crippen molar-refractivity contribution in [3.63, 3.8) is 0 Å². The van der Waals surface area contributed by atoms with Gasteiger partial charge in [0.15, 0.2) is 5.82 Å². The van der Waals surface area contributed by atoms with Crippen molar-refractivity contribution in [2.45, 2.75) is 20.0 Å². The molecule has 1 aromatic heterocycles. The van der Waals surface area contributed by atoms with E-state index in [1.54, 1.807) is 26.1 Å². The Labute approximate surface area is 133 Å². The molecule has 1 aliphatic heterocycles. The van der Waals surface area contributed by atoms with E-state index in [1.807, 2.05) is 12.1 Å². The van der Waals surface area contributed by atoms with Gasteiger partial charge in [-0.15, -0.1) is 0 Å². The smallest absolute Gasteiger partial charge is 0.254 e. The zero-order valence-corrected chi connectivity index (χ0v) is 13.0. The molecule has 0 radical (unpaired) electrons. The number of carbonyl (C=O) groups excluding carboxylic acids is 2. The lowest BCUT2D eigenvalue weighted by Gasteiger charge is -2.16. The summed E-state index contributed by atoms with van der Waals surface area (Å²) in [5, 5.41) is 9.52. The fourth-order valence-electron chi connectivity index (χ4n) is 2.54. The van der Waals surface area contributed by atoms with Crippen LogP contribution in [-0.2, 0) is 17.9 Å². The predicted octanol–water partition coefficient (Wildman–Crippen LogP) is 1.30. The van der Waals surface area contributed by atoms with Crippen LogP contribution in [0.2, 0.25) is 0 Å². The Morgan fingerprint density at radius 1 is 1.30 bits per heavy atom. The minimum absolute atomic E-state index is 0.0555. The summed E-state index contributed by atoms with van der Waals surface area (Å²) in [4.78, 5) is 25.8. The first-order chi connectivity index (χ1) is 11.0. The second kappa shape index (κ2) is 6.21. The number of fused-ring (bicyclic) bond motifs is 1. The maximum absolute atomic E-state index is 12.4. The summed E-state index contributed by atoms with van der Waals surface area (Å²) in [5.41, 5.74) is 2.93. The van der Waals surface area contributed by atoms with Gasteiger partial charge in [0.05, 0.1) is 6.54 Å². The number of nitrogens with zero attached hydrogens (tertiary/aromatic N) is 2. The molecule has 0 atom stereocenters. The summed E-state index contributed by atoms with van der Waals surface area (Å²) >= 11 is 0. The van der Waals surface area contributed by atoms with E-state index >= 15 is 0 Å². The predicted molar refractivity (Wildman–Crippen MR) is 83.8 cm³/mol.